The maximum absolute atomic E-state index is 11.8. The van der Waals surface area contributed by atoms with Crippen LogP contribution in [0.2, 0.25) is 0 Å². The van der Waals surface area contributed by atoms with E-state index in [1.54, 1.807) is 6.92 Å². The summed E-state index contributed by atoms with van der Waals surface area (Å²) in [6.45, 7) is 0.392. The molecule has 0 saturated heterocycles. The minimum Gasteiger partial charge on any atom is -0.335 e. The van der Waals surface area contributed by atoms with Crippen molar-refractivity contribution in [1.29, 1.82) is 0 Å². The summed E-state index contributed by atoms with van der Waals surface area (Å²) in [4.78, 5) is 11.6. The molecule has 78 valence electrons. The van der Waals surface area contributed by atoms with Gasteiger partial charge in [-0.25, -0.2) is 0 Å². The van der Waals surface area contributed by atoms with Gasteiger partial charge in [0.2, 0.25) is 5.91 Å². The number of nitrogens with zero attached hydrogens (tertiary/aromatic N) is 1. The Morgan fingerprint density at radius 3 is 2.31 bits per heavy atom. The van der Waals surface area contributed by atoms with Crippen LogP contribution in [0, 0.1) is 0 Å². The molecule has 0 aromatic carbocycles. The van der Waals surface area contributed by atoms with E-state index in [1.165, 1.54) is 0 Å². The number of carbonyl (C=O) groups is 1. The molecular weight excluding hydrogens is 185 g/mol. The molecule has 0 bridgehead atoms. The Kier molecular flexibility index (Phi) is 4.19. The second-order valence-corrected chi connectivity index (χ2v) is 2.82. The van der Waals surface area contributed by atoms with Crippen LogP contribution >= 0.6 is 0 Å². The molecule has 2 N–H and O–H groups in total. The number of hydrogen-bond donors (Lipinski definition) is 1. The van der Waals surface area contributed by atoms with Crippen molar-refractivity contribution in [2.45, 2.75) is 25.6 Å². The smallest absolute Gasteiger partial charge is 0.335 e. The van der Waals surface area contributed by atoms with Gasteiger partial charge in [0.15, 0.2) is 0 Å². The summed E-state index contributed by atoms with van der Waals surface area (Å²) in [5.41, 5.74) is 5.28. The molecule has 0 heterocycles. The standard InChI is InChI=1S/C7H13F3N2O/c1-3-5(11)6(13)12(2)4-7(8,9)10/h5H,3-4,11H2,1-2H3/t5-/m0/s1. The van der Waals surface area contributed by atoms with Gasteiger partial charge in [0, 0.05) is 7.05 Å². The third-order valence-electron chi connectivity index (χ3n) is 1.55. The van der Waals surface area contributed by atoms with Gasteiger partial charge >= 0.3 is 6.18 Å². The van der Waals surface area contributed by atoms with Crippen LogP contribution in [0.3, 0.4) is 0 Å². The van der Waals surface area contributed by atoms with E-state index in [-0.39, 0.29) is 0 Å². The molecule has 0 fully saturated rings. The van der Waals surface area contributed by atoms with Crippen LogP contribution in [-0.4, -0.2) is 36.6 Å². The summed E-state index contributed by atoms with van der Waals surface area (Å²) < 4.78 is 35.4. The van der Waals surface area contributed by atoms with Crippen molar-refractivity contribution in [2.24, 2.45) is 5.73 Å². The van der Waals surface area contributed by atoms with Gasteiger partial charge in [-0.15, -0.1) is 0 Å². The number of nitrogens with two attached hydrogens (primary N) is 1. The number of likely N-dealkylation sites (N-methyl/N-ethyl adjacent to an activating group) is 1. The van der Waals surface area contributed by atoms with Crippen molar-refractivity contribution in [1.82, 2.24) is 4.90 Å². The fourth-order valence-corrected chi connectivity index (χ4v) is 0.805. The first-order valence-corrected chi connectivity index (χ1v) is 3.85. The predicted octanol–water partition coefficient (Wildman–Crippen LogP) is 0.744. The lowest BCUT2D eigenvalue weighted by Gasteiger charge is -2.21. The summed E-state index contributed by atoms with van der Waals surface area (Å²) in [5, 5.41) is 0. The number of hydrogen-bond acceptors (Lipinski definition) is 2. The van der Waals surface area contributed by atoms with Gasteiger partial charge in [-0.2, -0.15) is 13.2 Å². The van der Waals surface area contributed by atoms with Crippen LogP contribution < -0.4 is 5.73 Å². The summed E-state index contributed by atoms with van der Waals surface area (Å²) in [6, 6.07) is -0.840. The molecule has 0 aromatic rings. The predicted molar refractivity (Wildman–Crippen MR) is 42.0 cm³/mol. The largest absolute Gasteiger partial charge is 0.406 e. The van der Waals surface area contributed by atoms with Crippen molar-refractivity contribution >= 4 is 5.91 Å². The fraction of sp³-hybridized carbons (Fsp3) is 0.857. The Balaban J connectivity index is 4.12. The van der Waals surface area contributed by atoms with Crippen LogP contribution in [0.25, 0.3) is 0 Å². The molecular formula is C7H13F3N2O. The second kappa shape index (κ2) is 4.45. The van der Waals surface area contributed by atoms with E-state index in [0.29, 0.717) is 11.3 Å². The van der Waals surface area contributed by atoms with Crippen molar-refractivity contribution in [3.63, 3.8) is 0 Å². The molecule has 13 heavy (non-hydrogen) atoms. The lowest BCUT2D eigenvalue weighted by Crippen LogP contribution is -2.45. The highest BCUT2D eigenvalue weighted by atomic mass is 19.4. The van der Waals surface area contributed by atoms with Gasteiger partial charge in [-0.1, -0.05) is 6.92 Å². The fourth-order valence-electron chi connectivity index (χ4n) is 0.805. The molecule has 1 atom stereocenters. The monoisotopic (exact) mass is 198 g/mol. The summed E-state index contributed by atoms with van der Waals surface area (Å²) in [7, 11) is 1.09. The first-order chi connectivity index (χ1) is 5.78. The number of alkyl halides is 3. The molecule has 0 rings (SSSR count). The lowest BCUT2D eigenvalue weighted by molar-refractivity contribution is -0.159. The number of rotatable bonds is 3. The minimum atomic E-state index is -4.36. The maximum Gasteiger partial charge on any atom is 0.406 e. The Morgan fingerprint density at radius 2 is 2.00 bits per heavy atom. The molecule has 0 aromatic heterocycles. The van der Waals surface area contributed by atoms with Crippen LogP contribution in [0.5, 0.6) is 0 Å². The van der Waals surface area contributed by atoms with Crippen LogP contribution in [0.15, 0.2) is 0 Å². The number of carbonyl (C=O) groups excluding carboxylic acids is 1. The third-order valence-corrected chi connectivity index (χ3v) is 1.55. The molecule has 0 aliphatic rings. The van der Waals surface area contributed by atoms with Gasteiger partial charge in [0.25, 0.3) is 0 Å². The molecule has 1 amide bonds. The third kappa shape index (κ3) is 4.72. The molecule has 0 saturated carbocycles. The highest BCUT2D eigenvalue weighted by Gasteiger charge is 2.32. The average Bonchev–Trinajstić information content (AvgIpc) is 1.98. The zero-order chi connectivity index (χ0) is 10.6. The van der Waals surface area contributed by atoms with Crippen LogP contribution in [0.4, 0.5) is 13.2 Å². The van der Waals surface area contributed by atoms with Crippen molar-refractivity contribution in [3.05, 3.63) is 0 Å². The quantitative estimate of drug-likeness (QED) is 0.727. The SMILES string of the molecule is CC[C@H](N)C(=O)N(C)CC(F)(F)F. The summed E-state index contributed by atoms with van der Waals surface area (Å²) in [5.74, 6) is -0.681. The van der Waals surface area contributed by atoms with E-state index in [4.69, 9.17) is 5.73 Å². The molecule has 0 unspecified atom stereocenters. The zero-order valence-electron chi connectivity index (χ0n) is 7.56. The average molecular weight is 198 g/mol. The van der Waals surface area contributed by atoms with E-state index in [0.717, 1.165) is 7.05 Å². The van der Waals surface area contributed by atoms with Gasteiger partial charge in [-0.3, -0.25) is 4.79 Å². The highest BCUT2D eigenvalue weighted by molar-refractivity contribution is 5.81. The molecule has 3 nitrogen and oxygen atoms in total. The van der Waals surface area contributed by atoms with Gasteiger partial charge < -0.3 is 10.6 Å². The van der Waals surface area contributed by atoms with E-state index in [2.05, 4.69) is 0 Å². The Morgan fingerprint density at radius 1 is 1.54 bits per heavy atom. The van der Waals surface area contributed by atoms with Crippen molar-refractivity contribution in [2.75, 3.05) is 13.6 Å². The van der Waals surface area contributed by atoms with Crippen LogP contribution in [-0.2, 0) is 4.79 Å². The first kappa shape index (κ1) is 12.2. The number of halogens is 3. The Hall–Kier alpha value is -0.780. The summed E-state index contributed by atoms with van der Waals surface area (Å²) in [6.07, 6.45) is -4.03. The van der Waals surface area contributed by atoms with Crippen molar-refractivity contribution < 1.29 is 18.0 Å². The molecule has 6 heteroatoms. The maximum atomic E-state index is 11.8. The number of amides is 1. The van der Waals surface area contributed by atoms with Gasteiger partial charge in [0.1, 0.15) is 6.54 Å². The van der Waals surface area contributed by atoms with Gasteiger partial charge in [-0.05, 0) is 6.42 Å². The van der Waals surface area contributed by atoms with Crippen LogP contribution in [0.1, 0.15) is 13.3 Å². The minimum absolute atomic E-state index is 0.334. The first-order valence-electron chi connectivity index (χ1n) is 3.85. The van der Waals surface area contributed by atoms with Crippen molar-refractivity contribution in [3.8, 4) is 0 Å². The van der Waals surface area contributed by atoms with E-state index in [9.17, 15) is 18.0 Å². The second-order valence-electron chi connectivity index (χ2n) is 2.82. The van der Waals surface area contributed by atoms with E-state index in [1.807, 2.05) is 0 Å². The highest BCUT2D eigenvalue weighted by Crippen LogP contribution is 2.15. The van der Waals surface area contributed by atoms with E-state index < -0.39 is 24.7 Å². The van der Waals surface area contributed by atoms with E-state index >= 15 is 0 Å². The van der Waals surface area contributed by atoms with Gasteiger partial charge in [0.05, 0.1) is 6.04 Å². The summed E-state index contributed by atoms with van der Waals surface area (Å²) >= 11 is 0. The topological polar surface area (TPSA) is 46.3 Å². The zero-order valence-corrected chi connectivity index (χ0v) is 7.56. The molecule has 0 spiro atoms. The normalized spacial score (nSPS) is 14.0. The Bertz CT molecular complexity index is 181. The molecule has 0 aliphatic carbocycles. The lowest BCUT2D eigenvalue weighted by atomic mass is 10.2. The molecule has 0 radical (unpaired) electrons. The Labute approximate surface area is 74.7 Å². The molecule has 0 aliphatic heterocycles.